The molecule has 2 aromatic rings. The van der Waals surface area contributed by atoms with Crippen LogP contribution in [0.25, 0.3) is 0 Å². The average Bonchev–Trinajstić information content (AvgIpc) is 2.41. The molecule has 0 radical (unpaired) electrons. The molecule has 0 spiro atoms. The van der Waals surface area contributed by atoms with E-state index in [0.29, 0.717) is 10.2 Å². The molecule has 1 amide bonds. The van der Waals surface area contributed by atoms with Crippen LogP contribution in [0.4, 0.5) is 15.8 Å². The van der Waals surface area contributed by atoms with Crippen molar-refractivity contribution in [2.45, 2.75) is 0 Å². The van der Waals surface area contributed by atoms with Gasteiger partial charge in [-0.3, -0.25) is 4.79 Å². The van der Waals surface area contributed by atoms with Crippen LogP contribution in [0.1, 0.15) is 20.7 Å². The maximum atomic E-state index is 13.2. The van der Waals surface area contributed by atoms with Gasteiger partial charge in [0.1, 0.15) is 5.82 Å². The van der Waals surface area contributed by atoms with Gasteiger partial charge in [-0.2, -0.15) is 0 Å². The van der Waals surface area contributed by atoms with Crippen LogP contribution in [0.2, 0.25) is 0 Å². The van der Waals surface area contributed by atoms with Crippen molar-refractivity contribution in [3.8, 4) is 0 Å². The Kier molecular flexibility index (Phi) is 4.23. The van der Waals surface area contributed by atoms with E-state index in [-0.39, 0.29) is 16.8 Å². The zero-order chi connectivity index (χ0) is 15.6. The normalized spacial score (nSPS) is 10.2. The number of benzene rings is 2. The van der Waals surface area contributed by atoms with E-state index in [4.69, 9.17) is 10.8 Å². The highest BCUT2D eigenvalue weighted by Gasteiger charge is 2.16. The average molecular weight is 353 g/mol. The molecule has 21 heavy (non-hydrogen) atoms. The highest BCUT2D eigenvalue weighted by molar-refractivity contribution is 9.10. The van der Waals surface area contributed by atoms with Crippen LogP contribution in [0.15, 0.2) is 40.9 Å². The Morgan fingerprint density at radius 3 is 2.52 bits per heavy atom. The molecule has 0 aromatic heterocycles. The minimum atomic E-state index is -1.20. The second-order valence-electron chi connectivity index (χ2n) is 4.19. The summed E-state index contributed by atoms with van der Waals surface area (Å²) in [6.07, 6.45) is 0. The Morgan fingerprint density at radius 1 is 1.14 bits per heavy atom. The summed E-state index contributed by atoms with van der Waals surface area (Å²) in [5, 5.41) is 11.5. The molecule has 0 fully saturated rings. The molecule has 0 aliphatic carbocycles. The van der Waals surface area contributed by atoms with E-state index in [2.05, 4.69) is 21.2 Å². The van der Waals surface area contributed by atoms with E-state index in [1.54, 1.807) is 0 Å². The third-order valence-electron chi connectivity index (χ3n) is 2.70. The van der Waals surface area contributed by atoms with Crippen molar-refractivity contribution in [3.63, 3.8) is 0 Å². The van der Waals surface area contributed by atoms with Gasteiger partial charge in [0, 0.05) is 10.2 Å². The molecule has 0 saturated heterocycles. The molecule has 108 valence electrons. The third-order valence-corrected chi connectivity index (χ3v) is 3.39. The maximum Gasteiger partial charge on any atom is 0.337 e. The summed E-state index contributed by atoms with van der Waals surface area (Å²) in [6, 6.07) is 7.66. The Bertz CT molecular complexity index is 734. The van der Waals surface area contributed by atoms with E-state index >= 15 is 0 Å². The quantitative estimate of drug-likeness (QED) is 0.740. The van der Waals surface area contributed by atoms with Crippen LogP contribution in [0.3, 0.4) is 0 Å². The number of aromatic carboxylic acids is 1. The predicted molar refractivity (Wildman–Crippen MR) is 79.9 cm³/mol. The Labute approximate surface area is 127 Å². The summed E-state index contributed by atoms with van der Waals surface area (Å²) in [7, 11) is 0. The molecule has 2 rings (SSSR count). The smallest absolute Gasteiger partial charge is 0.337 e. The SMILES string of the molecule is Nc1ccc(C(=O)O)c(NC(=O)c2cc(F)ccc2Br)c1. The van der Waals surface area contributed by atoms with Crippen molar-refractivity contribution < 1.29 is 19.1 Å². The molecule has 0 unspecified atom stereocenters. The van der Waals surface area contributed by atoms with Gasteiger partial charge in [0.25, 0.3) is 5.91 Å². The molecular weight excluding hydrogens is 343 g/mol. The lowest BCUT2D eigenvalue weighted by Gasteiger charge is -2.10. The number of hydrogen-bond acceptors (Lipinski definition) is 3. The van der Waals surface area contributed by atoms with Crippen LogP contribution in [0.5, 0.6) is 0 Å². The number of halogens is 2. The van der Waals surface area contributed by atoms with E-state index < -0.39 is 17.7 Å². The summed E-state index contributed by atoms with van der Waals surface area (Å²) in [6.45, 7) is 0. The van der Waals surface area contributed by atoms with Crippen molar-refractivity contribution in [1.82, 2.24) is 0 Å². The number of nitrogen functional groups attached to an aromatic ring is 1. The van der Waals surface area contributed by atoms with Crippen LogP contribution in [-0.2, 0) is 0 Å². The molecule has 4 N–H and O–H groups in total. The number of hydrogen-bond donors (Lipinski definition) is 3. The van der Waals surface area contributed by atoms with Crippen molar-refractivity contribution in [1.29, 1.82) is 0 Å². The minimum absolute atomic E-state index is 0.0451. The Morgan fingerprint density at radius 2 is 1.86 bits per heavy atom. The van der Waals surface area contributed by atoms with Crippen LogP contribution in [-0.4, -0.2) is 17.0 Å². The predicted octanol–water partition coefficient (Wildman–Crippen LogP) is 3.12. The van der Waals surface area contributed by atoms with Crippen LogP contribution < -0.4 is 11.1 Å². The van der Waals surface area contributed by atoms with Gasteiger partial charge >= 0.3 is 5.97 Å². The largest absolute Gasteiger partial charge is 0.478 e. The zero-order valence-corrected chi connectivity index (χ0v) is 12.1. The second kappa shape index (κ2) is 5.92. The van der Waals surface area contributed by atoms with Crippen molar-refractivity contribution in [2.75, 3.05) is 11.1 Å². The number of carbonyl (C=O) groups is 2. The molecule has 0 bridgehead atoms. The fourth-order valence-corrected chi connectivity index (χ4v) is 2.14. The fraction of sp³-hybridized carbons (Fsp3) is 0. The Hall–Kier alpha value is -2.41. The fourth-order valence-electron chi connectivity index (χ4n) is 1.71. The summed E-state index contributed by atoms with van der Waals surface area (Å²) < 4.78 is 13.6. The lowest BCUT2D eigenvalue weighted by atomic mass is 10.1. The number of nitrogens with one attached hydrogen (secondary N) is 1. The summed E-state index contributed by atoms with van der Waals surface area (Å²) in [5.41, 5.74) is 5.87. The lowest BCUT2D eigenvalue weighted by molar-refractivity contribution is 0.0698. The number of carboxylic acids is 1. The lowest BCUT2D eigenvalue weighted by Crippen LogP contribution is -2.16. The van der Waals surface area contributed by atoms with Gasteiger partial charge in [-0.25, -0.2) is 9.18 Å². The first-order valence-corrected chi connectivity index (χ1v) is 6.57. The van der Waals surface area contributed by atoms with E-state index in [0.717, 1.165) is 6.07 Å². The van der Waals surface area contributed by atoms with Gasteiger partial charge < -0.3 is 16.2 Å². The number of anilines is 2. The first-order chi connectivity index (χ1) is 9.88. The number of carboxylic acid groups (broad SMARTS) is 1. The second-order valence-corrected chi connectivity index (χ2v) is 5.04. The highest BCUT2D eigenvalue weighted by atomic mass is 79.9. The van der Waals surface area contributed by atoms with Gasteiger partial charge in [0.05, 0.1) is 16.8 Å². The monoisotopic (exact) mass is 352 g/mol. The number of carbonyl (C=O) groups excluding carboxylic acids is 1. The van der Waals surface area contributed by atoms with Crippen molar-refractivity contribution in [3.05, 3.63) is 57.8 Å². The first kappa shape index (κ1) is 15.0. The summed E-state index contributed by atoms with van der Waals surface area (Å²) in [4.78, 5) is 23.2. The molecular formula is C14H10BrFN2O3. The van der Waals surface area contributed by atoms with E-state index in [1.165, 1.54) is 30.3 Å². The molecule has 0 aliphatic rings. The maximum absolute atomic E-state index is 13.2. The highest BCUT2D eigenvalue weighted by Crippen LogP contribution is 2.23. The third kappa shape index (κ3) is 3.38. The minimum Gasteiger partial charge on any atom is -0.478 e. The topological polar surface area (TPSA) is 92.4 Å². The van der Waals surface area contributed by atoms with Gasteiger partial charge in [-0.05, 0) is 52.3 Å². The van der Waals surface area contributed by atoms with Crippen LogP contribution in [0, 0.1) is 5.82 Å². The first-order valence-electron chi connectivity index (χ1n) is 5.77. The van der Waals surface area contributed by atoms with Crippen LogP contribution >= 0.6 is 15.9 Å². The molecule has 0 aliphatic heterocycles. The molecule has 2 aromatic carbocycles. The van der Waals surface area contributed by atoms with E-state index in [9.17, 15) is 14.0 Å². The summed E-state index contributed by atoms with van der Waals surface area (Å²) in [5.74, 6) is -2.42. The molecule has 7 heteroatoms. The van der Waals surface area contributed by atoms with Crippen molar-refractivity contribution in [2.24, 2.45) is 0 Å². The standard InChI is InChI=1S/C14H10BrFN2O3/c15-11-4-1-7(16)5-10(11)13(19)18-12-6-8(17)2-3-9(12)14(20)21/h1-6H,17H2,(H,18,19)(H,20,21). The van der Waals surface area contributed by atoms with Gasteiger partial charge in [0.15, 0.2) is 0 Å². The molecule has 0 atom stereocenters. The van der Waals surface area contributed by atoms with Crippen molar-refractivity contribution >= 4 is 39.2 Å². The number of rotatable bonds is 3. The van der Waals surface area contributed by atoms with Gasteiger partial charge in [-0.1, -0.05) is 0 Å². The molecule has 5 nitrogen and oxygen atoms in total. The van der Waals surface area contributed by atoms with Gasteiger partial charge in [0.2, 0.25) is 0 Å². The molecule has 0 heterocycles. The van der Waals surface area contributed by atoms with E-state index in [1.807, 2.05) is 0 Å². The summed E-state index contributed by atoms with van der Waals surface area (Å²) >= 11 is 3.14. The number of amides is 1. The number of nitrogens with two attached hydrogens (primary N) is 1. The molecule has 0 saturated carbocycles. The zero-order valence-electron chi connectivity index (χ0n) is 10.6. The Balaban J connectivity index is 2.38. The van der Waals surface area contributed by atoms with Gasteiger partial charge in [-0.15, -0.1) is 0 Å².